The lowest BCUT2D eigenvalue weighted by atomic mass is 10.0. The Balaban J connectivity index is 1.95. The molecule has 1 atom stereocenters. The van der Waals surface area contributed by atoms with Crippen molar-refractivity contribution in [2.24, 2.45) is 7.05 Å². The van der Waals surface area contributed by atoms with Gasteiger partial charge in [0.05, 0.1) is 17.3 Å². The van der Waals surface area contributed by atoms with Gasteiger partial charge in [-0.15, -0.1) is 0 Å². The number of halogens is 1. The number of hydrogen-bond acceptors (Lipinski definition) is 3. The van der Waals surface area contributed by atoms with E-state index in [1.165, 1.54) is 0 Å². The number of aromatic nitrogens is 2. The first-order valence-corrected chi connectivity index (χ1v) is 7.72. The Kier molecular flexibility index (Phi) is 4.18. The van der Waals surface area contributed by atoms with Crippen LogP contribution in [0.1, 0.15) is 27.7 Å². The molecule has 116 valence electrons. The average Bonchev–Trinajstić information content (AvgIpc) is 2.86. The molecule has 1 fully saturated rings. The number of aryl methyl sites for hydroxylation is 2. The zero-order valence-electron chi connectivity index (χ0n) is 12.7. The number of nitrogens with zero attached hydrogens (tertiary/aromatic N) is 3. The minimum Gasteiger partial charge on any atom is -0.329 e. The Labute approximate surface area is 134 Å². The molecule has 1 aromatic carbocycles. The SMILES string of the molecule is Cc1nn(C)cc1C(=O)N1CCNCC1c1ccccc1Cl. The second-order valence-electron chi connectivity index (χ2n) is 5.54. The van der Waals surface area contributed by atoms with Crippen LogP contribution in [0.2, 0.25) is 5.02 Å². The number of carbonyl (C=O) groups is 1. The molecule has 5 nitrogen and oxygen atoms in total. The molecule has 1 aliphatic rings. The Hall–Kier alpha value is -1.85. The van der Waals surface area contributed by atoms with Crippen LogP contribution in [-0.4, -0.2) is 40.2 Å². The fraction of sp³-hybridized carbons (Fsp3) is 0.375. The molecule has 1 saturated heterocycles. The summed E-state index contributed by atoms with van der Waals surface area (Å²) in [6.07, 6.45) is 1.78. The third-order valence-electron chi connectivity index (χ3n) is 4.01. The summed E-state index contributed by atoms with van der Waals surface area (Å²) < 4.78 is 1.68. The molecule has 1 N–H and O–H groups in total. The van der Waals surface area contributed by atoms with Crippen LogP contribution in [0, 0.1) is 6.92 Å². The summed E-state index contributed by atoms with van der Waals surface area (Å²) in [6.45, 7) is 4.00. The Bertz CT molecular complexity index is 697. The zero-order valence-corrected chi connectivity index (χ0v) is 13.5. The van der Waals surface area contributed by atoms with E-state index in [9.17, 15) is 4.79 Å². The minimum atomic E-state index is -0.0606. The maximum Gasteiger partial charge on any atom is 0.257 e. The number of hydrogen-bond donors (Lipinski definition) is 1. The summed E-state index contributed by atoms with van der Waals surface area (Å²) in [5.41, 5.74) is 2.39. The van der Waals surface area contributed by atoms with E-state index in [2.05, 4.69) is 10.4 Å². The van der Waals surface area contributed by atoms with E-state index in [0.29, 0.717) is 23.7 Å². The van der Waals surface area contributed by atoms with Crippen LogP contribution >= 0.6 is 11.6 Å². The topological polar surface area (TPSA) is 50.2 Å². The molecule has 1 unspecified atom stereocenters. The monoisotopic (exact) mass is 318 g/mol. The van der Waals surface area contributed by atoms with Crippen molar-refractivity contribution in [3.63, 3.8) is 0 Å². The van der Waals surface area contributed by atoms with Crippen molar-refractivity contribution >= 4 is 17.5 Å². The molecule has 1 aliphatic heterocycles. The number of amides is 1. The highest BCUT2D eigenvalue weighted by Crippen LogP contribution is 2.29. The molecule has 0 spiro atoms. The van der Waals surface area contributed by atoms with E-state index in [4.69, 9.17) is 11.6 Å². The van der Waals surface area contributed by atoms with E-state index in [0.717, 1.165) is 17.8 Å². The highest BCUT2D eigenvalue weighted by molar-refractivity contribution is 6.31. The number of rotatable bonds is 2. The Morgan fingerprint density at radius 1 is 1.41 bits per heavy atom. The lowest BCUT2D eigenvalue weighted by Gasteiger charge is -2.36. The van der Waals surface area contributed by atoms with Gasteiger partial charge in [0.1, 0.15) is 0 Å². The van der Waals surface area contributed by atoms with Gasteiger partial charge in [0.25, 0.3) is 5.91 Å². The van der Waals surface area contributed by atoms with E-state index in [-0.39, 0.29) is 11.9 Å². The third-order valence-corrected chi connectivity index (χ3v) is 4.36. The van der Waals surface area contributed by atoms with Crippen molar-refractivity contribution in [3.8, 4) is 0 Å². The summed E-state index contributed by atoms with van der Waals surface area (Å²) in [7, 11) is 1.83. The second kappa shape index (κ2) is 6.10. The summed E-state index contributed by atoms with van der Waals surface area (Å²) in [5.74, 6) is 0.0111. The first kappa shape index (κ1) is 15.1. The quantitative estimate of drug-likeness (QED) is 0.923. The van der Waals surface area contributed by atoms with Gasteiger partial charge >= 0.3 is 0 Å². The average molecular weight is 319 g/mol. The number of carbonyl (C=O) groups excluding carboxylic acids is 1. The van der Waals surface area contributed by atoms with E-state index < -0.39 is 0 Å². The first-order valence-electron chi connectivity index (χ1n) is 7.34. The first-order chi connectivity index (χ1) is 10.6. The molecule has 3 rings (SSSR count). The van der Waals surface area contributed by atoms with E-state index in [1.807, 2.05) is 43.1 Å². The Morgan fingerprint density at radius 3 is 2.86 bits per heavy atom. The van der Waals surface area contributed by atoms with Gasteiger partial charge in [0.2, 0.25) is 0 Å². The Morgan fingerprint density at radius 2 is 2.18 bits per heavy atom. The smallest absolute Gasteiger partial charge is 0.257 e. The molecule has 0 radical (unpaired) electrons. The summed E-state index contributed by atoms with van der Waals surface area (Å²) in [4.78, 5) is 14.8. The van der Waals surface area contributed by atoms with Crippen LogP contribution in [-0.2, 0) is 7.05 Å². The maximum absolute atomic E-state index is 12.9. The zero-order chi connectivity index (χ0) is 15.7. The van der Waals surface area contributed by atoms with E-state index >= 15 is 0 Å². The fourth-order valence-electron chi connectivity index (χ4n) is 2.93. The lowest BCUT2D eigenvalue weighted by molar-refractivity contribution is 0.0633. The minimum absolute atomic E-state index is 0.0111. The molecule has 2 heterocycles. The van der Waals surface area contributed by atoms with Gasteiger partial charge < -0.3 is 10.2 Å². The molecule has 1 amide bonds. The van der Waals surface area contributed by atoms with Crippen molar-refractivity contribution in [2.75, 3.05) is 19.6 Å². The maximum atomic E-state index is 12.9. The molecular formula is C16H19ClN4O. The van der Waals surface area contributed by atoms with Gasteiger partial charge in [0.15, 0.2) is 0 Å². The van der Waals surface area contributed by atoms with Gasteiger partial charge in [-0.25, -0.2) is 0 Å². The predicted octanol–water partition coefficient (Wildman–Crippen LogP) is 2.17. The highest BCUT2D eigenvalue weighted by Gasteiger charge is 2.31. The number of benzene rings is 1. The van der Waals surface area contributed by atoms with Crippen LogP contribution in [0.3, 0.4) is 0 Å². The van der Waals surface area contributed by atoms with Gasteiger partial charge in [0, 0.05) is 37.9 Å². The molecular weight excluding hydrogens is 300 g/mol. The normalized spacial score (nSPS) is 18.5. The van der Waals surface area contributed by atoms with Gasteiger partial charge in [-0.05, 0) is 18.6 Å². The highest BCUT2D eigenvalue weighted by atomic mass is 35.5. The predicted molar refractivity (Wildman–Crippen MR) is 86.0 cm³/mol. The molecule has 1 aromatic heterocycles. The molecule has 22 heavy (non-hydrogen) atoms. The summed E-state index contributed by atoms with van der Waals surface area (Å²) in [5, 5.41) is 8.30. The second-order valence-corrected chi connectivity index (χ2v) is 5.95. The fourth-order valence-corrected chi connectivity index (χ4v) is 3.20. The molecule has 2 aromatic rings. The van der Waals surface area contributed by atoms with Crippen molar-refractivity contribution in [2.45, 2.75) is 13.0 Å². The van der Waals surface area contributed by atoms with Crippen molar-refractivity contribution < 1.29 is 4.79 Å². The lowest BCUT2D eigenvalue weighted by Crippen LogP contribution is -2.48. The summed E-state index contributed by atoms with van der Waals surface area (Å²) >= 11 is 6.33. The number of nitrogens with one attached hydrogen (secondary N) is 1. The standard InChI is InChI=1S/C16H19ClN4O/c1-11-13(10-20(2)19-11)16(22)21-8-7-18-9-15(21)12-5-3-4-6-14(12)17/h3-6,10,15,18H,7-9H2,1-2H3. The van der Waals surface area contributed by atoms with Crippen LogP contribution in [0.5, 0.6) is 0 Å². The van der Waals surface area contributed by atoms with E-state index in [1.54, 1.807) is 10.9 Å². The van der Waals surface area contributed by atoms with Crippen LogP contribution in [0.4, 0.5) is 0 Å². The van der Waals surface area contributed by atoms with Crippen LogP contribution in [0.15, 0.2) is 30.5 Å². The molecule has 0 aliphatic carbocycles. The van der Waals surface area contributed by atoms with Crippen LogP contribution in [0.25, 0.3) is 0 Å². The molecule has 6 heteroatoms. The van der Waals surface area contributed by atoms with Crippen molar-refractivity contribution in [3.05, 3.63) is 52.3 Å². The van der Waals surface area contributed by atoms with Crippen molar-refractivity contribution in [1.82, 2.24) is 20.0 Å². The van der Waals surface area contributed by atoms with Gasteiger partial charge in [-0.2, -0.15) is 5.10 Å². The number of piperazine rings is 1. The van der Waals surface area contributed by atoms with Gasteiger partial charge in [-0.1, -0.05) is 29.8 Å². The summed E-state index contributed by atoms with van der Waals surface area (Å²) in [6, 6.07) is 7.64. The van der Waals surface area contributed by atoms with Crippen LogP contribution < -0.4 is 5.32 Å². The van der Waals surface area contributed by atoms with Crippen molar-refractivity contribution in [1.29, 1.82) is 0 Å². The largest absolute Gasteiger partial charge is 0.329 e. The van der Waals surface area contributed by atoms with Gasteiger partial charge in [-0.3, -0.25) is 9.48 Å². The molecule has 0 bridgehead atoms. The third kappa shape index (κ3) is 2.74. The molecule has 0 saturated carbocycles.